The molecule has 0 radical (unpaired) electrons. The van der Waals surface area contributed by atoms with Gasteiger partial charge in [0.15, 0.2) is 5.16 Å². The van der Waals surface area contributed by atoms with E-state index in [1.807, 2.05) is 55.5 Å². The number of nitrogens with zero attached hydrogens (tertiary/aromatic N) is 3. The predicted octanol–water partition coefficient (Wildman–Crippen LogP) is 5.38. The summed E-state index contributed by atoms with van der Waals surface area (Å²) in [5.41, 5.74) is 3.91. The minimum Gasteiger partial charge on any atom is -0.495 e. The molecule has 34 heavy (non-hydrogen) atoms. The highest BCUT2D eigenvalue weighted by molar-refractivity contribution is 7.98. The summed E-state index contributed by atoms with van der Waals surface area (Å²) in [6, 6.07) is 19.7. The van der Waals surface area contributed by atoms with Crippen LogP contribution in [0, 0.1) is 17.0 Å². The lowest BCUT2D eigenvalue weighted by molar-refractivity contribution is -0.384. The number of H-pyrrole nitrogens is 1. The maximum absolute atomic E-state index is 13.8. The first-order valence-corrected chi connectivity index (χ1v) is 11.5. The summed E-state index contributed by atoms with van der Waals surface area (Å²) in [5.74, 6) is 0.943. The van der Waals surface area contributed by atoms with Crippen LogP contribution in [0.1, 0.15) is 11.1 Å². The number of rotatable bonds is 6. The summed E-state index contributed by atoms with van der Waals surface area (Å²) in [5, 5.41) is 12.5. The van der Waals surface area contributed by atoms with Crippen LogP contribution in [0.5, 0.6) is 5.75 Å². The number of para-hydroxylation sites is 1. The third-order valence-electron chi connectivity index (χ3n) is 5.56. The predicted molar refractivity (Wildman–Crippen MR) is 133 cm³/mol. The number of benzene rings is 3. The molecule has 170 valence electrons. The number of non-ortho nitro benzene ring substituents is 1. The highest BCUT2D eigenvalue weighted by Gasteiger charge is 2.20. The molecule has 0 atom stereocenters. The number of thioether (sulfide) groups is 1. The van der Waals surface area contributed by atoms with E-state index >= 15 is 0 Å². The lowest BCUT2D eigenvalue weighted by atomic mass is 10.2. The molecule has 0 bridgehead atoms. The Balaban J connectivity index is 1.72. The van der Waals surface area contributed by atoms with Gasteiger partial charge in [-0.2, -0.15) is 0 Å². The Morgan fingerprint density at radius 3 is 2.74 bits per heavy atom. The van der Waals surface area contributed by atoms with Crippen LogP contribution in [0.25, 0.3) is 27.6 Å². The number of hydrogen-bond donors (Lipinski definition) is 1. The SMILES string of the molecule is COc1ccc(C)cc1-n1c(SCc2cccc([N+](=O)[O-])c2)nc2c([nH]c3ccccc32)c1=O. The van der Waals surface area contributed by atoms with Gasteiger partial charge in [0, 0.05) is 28.8 Å². The number of nitro groups is 1. The summed E-state index contributed by atoms with van der Waals surface area (Å²) in [6.45, 7) is 1.94. The maximum Gasteiger partial charge on any atom is 0.283 e. The topological polar surface area (TPSA) is 103 Å². The zero-order valence-electron chi connectivity index (χ0n) is 18.4. The van der Waals surface area contributed by atoms with Crippen LogP contribution >= 0.6 is 11.8 Å². The molecule has 0 aliphatic rings. The van der Waals surface area contributed by atoms with E-state index in [9.17, 15) is 14.9 Å². The van der Waals surface area contributed by atoms with E-state index < -0.39 is 4.92 Å². The molecule has 3 aromatic carbocycles. The average molecular weight is 473 g/mol. The third kappa shape index (κ3) is 3.80. The van der Waals surface area contributed by atoms with Crippen LogP contribution in [0.4, 0.5) is 5.69 Å². The van der Waals surface area contributed by atoms with Crippen LogP contribution in [0.15, 0.2) is 76.7 Å². The van der Waals surface area contributed by atoms with Gasteiger partial charge in [0.1, 0.15) is 16.8 Å². The number of aromatic amines is 1. The molecular weight excluding hydrogens is 452 g/mol. The first-order valence-electron chi connectivity index (χ1n) is 10.5. The number of fused-ring (bicyclic) bond motifs is 3. The molecule has 0 amide bonds. The van der Waals surface area contributed by atoms with Gasteiger partial charge in [0.05, 0.1) is 17.7 Å². The lowest BCUT2D eigenvalue weighted by Crippen LogP contribution is -2.22. The molecule has 5 rings (SSSR count). The number of aromatic nitrogens is 3. The second-order valence-electron chi connectivity index (χ2n) is 7.82. The summed E-state index contributed by atoms with van der Waals surface area (Å²) in [6.07, 6.45) is 0. The second-order valence-corrected chi connectivity index (χ2v) is 8.76. The molecule has 0 saturated carbocycles. The van der Waals surface area contributed by atoms with Gasteiger partial charge < -0.3 is 9.72 Å². The van der Waals surface area contributed by atoms with Crippen molar-refractivity contribution in [2.45, 2.75) is 17.8 Å². The first-order chi connectivity index (χ1) is 16.5. The molecule has 0 saturated heterocycles. The van der Waals surface area contributed by atoms with Gasteiger partial charge in [0.2, 0.25) is 0 Å². The van der Waals surface area contributed by atoms with Crippen LogP contribution in [-0.4, -0.2) is 26.6 Å². The van der Waals surface area contributed by atoms with Gasteiger partial charge in [-0.15, -0.1) is 0 Å². The Morgan fingerprint density at radius 1 is 1.12 bits per heavy atom. The van der Waals surface area contributed by atoms with Crippen LogP contribution in [-0.2, 0) is 5.75 Å². The van der Waals surface area contributed by atoms with Crippen molar-refractivity contribution >= 4 is 39.4 Å². The number of methoxy groups -OCH3 is 1. The molecule has 5 aromatic rings. The van der Waals surface area contributed by atoms with Gasteiger partial charge in [0.25, 0.3) is 11.2 Å². The van der Waals surface area contributed by atoms with Crippen molar-refractivity contribution in [2.75, 3.05) is 7.11 Å². The summed E-state index contributed by atoms with van der Waals surface area (Å²) < 4.78 is 7.11. The molecule has 2 aromatic heterocycles. The quantitative estimate of drug-likeness (QED) is 0.154. The Hall–Kier alpha value is -4.11. The largest absolute Gasteiger partial charge is 0.495 e. The molecule has 1 N–H and O–H groups in total. The molecule has 0 fully saturated rings. The van der Waals surface area contributed by atoms with Crippen LogP contribution in [0.3, 0.4) is 0 Å². The molecule has 0 unspecified atom stereocenters. The van der Waals surface area contributed by atoms with Crippen molar-refractivity contribution in [3.63, 3.8) is 0 Å². The fraction of sp³-hybridized carbons (Fsp3) is 0.120. The molecule has 0 aliphatic heterocycles. The van der Waals surface area contributed by atoms with Gasteiger partial charge >= 0.3 is 0 Å². The molecule has 9 heteroatoms. The van der Waals surface area contributed by atoms with Gasteiger partial charge in [-0.3, -0.25) is 14.9 Å². The summed E-state index contributed by atoms with van der Waals surface area (Å²) in [4.78, 5) is 32.6. The number of nitro benzene ring substituents is 1. The minimum absolute atomic E-state index is 0.0240. The summed E-state index contributed by atoms with van der Waals surface area (Å²) in [7, 11) is 1.56. The first kappa shape index (κ1) is 21.7. The van der Waals surface area contributed by atoms with Gasteiger partial charge in [-0.25, -0.2) is 9.55 Å². The second kappa shape index (κ2) is 8.68. The zero-order chi connectivity index (χ0) is 23.8. The fourth-order valence-electron chi connectivity index (χ4n) is 3.93. The summed E-state index contributed by atoms with van der Waals surface area (Å²) >= 11 is 1.34. The van der Waals surface area contributed by atoms with E-state index in [0.717, 1.165) is 22.0 Å². The van der Waals surface area contributed by atoms with E-state index in [1.54, 1.807) is 17.7 Å². The number of aryl methyl sites for hydroxylation is 1. The molecule has 0 aliphatic carbocycles. The number of ether oxygens (including phenoxy) is 1. The Kier molecular flexibility index (Phi) is 5.54. The normalized spacial score (nSPS) is 11.2. The lowest BCUT2D eigenvalue weighted by Gasteiger charge is -2.15. The van der Waals surface area contributed by atoms with Gasteiger partial charge in [-0.1, -0.05) is 48.2 Å². The molecule has 0 spiro atoms. The zero-order valence-corrected chi connectivity index (χ0v) is 19.3. The number of hydrogen-bond acceptors (Lipinski definition) is 6. The highest BCUT2D eigenvalue weighted by atomic mass is 32.2. The van der Waals surface area contributed by atoms with Crippen molar-refractivity contribution in [1.29, 1.82) is 0 Å². The standard InChI is InChI=1S/C25H20N4O4S/c1-15-10-11-21(33-2)20(12-15)28-24(30)23-22(18-8-3-4-9-19(18)26-23)27-25(28)34-14-16-6-5-7-17(13-16)29(31)32/h3-13,26H,14H2,1-2H3. The fourth-order valence-corrected chi connectivity index (χ4v) is 4.88. The average Bonchev–Trinajstić information content (AvgIpc) is 3.22. The van der Waals surface area contributed by atoms with Crippen molar-refractivity contribution in [3.05, 3.63) is 98.3 Å². The minimum atomic E-state index is -0.419. The number of nitrogens with one attached hydrogen (secondary N) is 1. The molecule has 2 heterocycles. The Labute approximate surface area is 198 Å². The van der Waals surface area contributed by atoms with E-state index in [0.29, 0.717) is 33.4 Å². The highest BCUT2D eigenvalue weighted by Crippen LogP contribution is 2.31. The molecule has 8 nitrogen and oxygen atoms in total. The smallest absolute Gasteiger partial charge is 0.283 e. The van der Waals surface area contributed by atoms with Crippen molar-refractivity contribution in [1.82, 2.24) is 14.5 Å². The van der Waals surface area contributed by atoms with Crippen molar-refractivity contribution < 1.29 is 9.66 Å². The van der Waals surface area contributed by atoms with E-state index in [4.69, 9.17) is 9.72 Å². The van der Waals surface area contributed by atoms with Crippen molar-refractivity contribution in [3.8, 4) is 11.4 Å². The van der Waals surface area contributed by atoms with E-state index in [-0.39, 0.29) is 11.2 Å². The maximum atomic E-state index is 13.8. The monoisotopic (exact) mass is 472 g/mol. The van der Waals surface area contributed by atoms with E-state index in [2.05, 4.69) is 4.98 Å². The Morgan fingerprint density at radius 2 is 1.94 bits per heavy atom. The van der Waals surface area contributed by atoms with E-state index in [1.165, 1.54) is 23.9 Å². The Bertz CT molecular complexity index is 1620. The van der Waals surface area contributed by atoms with Crippen LogP contribution in [0.2, 0.25) is 0 Å². The van der Waals surface area contributed by atoms with Crippen molar-refractivity contribution in [2.24, 2.45) is 0 Å². The third-order valence-corrected chi connectivity index (χ3v) is 6.57. The molecular formula is C25H20N4O4S. The van der Waals surface area contributed by atoms with Gasteiger partial charge in [-0.05, 0) is 36.2 Å². The van der Waals surface area contributed by atoms with Crippen LogP contribution < -0.4 is 10.3 Å².